The van der Waals surface area contributed by atoms with E-state index in [0.717, 1.165) is 17.8 Å². The highest BCUT2D eigenvalue weighted by molar-refractivity contribution is 5.89. The number of pyridine rings is 1. The Balaban J connectivity index is 1.87. The highest BCUT2D eigenvalue weighted by atomic mass is 16.5. The average molecular weight is 270 g/mol. The van der Waals surface area contributed by atoms with E-state index >= 15 is 0 Å². The van der Waals surface area contributed by atoms with Gasteiger partial charge in [0, 0.05) is 24.2 Å². The molecule has 1 heterocycles. The Labute approximate surface area is 120 Å². The van der Waals surface area contributed by atoms with Crippen molar-refractivity contribution in [1.82, 2.24) is 10.3 Å². The molecule has 20 heavy (non-hydrogen) atoms. The van der Waals surface area contributed by atoms with Crippen LogP contribution >= 0.6 is 0 Å². The van der Waals surface area contributed by atoms with Crippen molar-refractivity contribution in [2.75, 3.05) is 6.61 Å². The van der Waals surface area contributed by atoms with E-state index in [1.165, 1.54) is 23.8 Å². The van der Waals surface area contributed by atoms with Crippen molar-refractivity contribution in [2.45, 2.75) is 39.3 Å². The van der Waals surface area contributed by atoms with Crippen LogP contribution in [0.4, 0.5) is 0 Å². The van der Waals surface area contributed by atoms with Crippen LogP contribution < -0.4 is 10.1 Å². The minimum Gasteiger partial charge on any atom is -0.477 e. The monoisotopic (exact) mass is 270 g/mol. The molecule has 0 amide bonds. The van der Waals surface area contributed by atoms with Gasteiger partial charge in [-0.2, -0.15) is 0 Å². The molecule has 106 valence electrons. The van der Waals surface area contributed by atoms with Gasteiger partial charge in [0.1, 0.15) is 0 Å². The maximum Gasteiger partial charge on any atom is 0.221 e. The first-order valence-corrected chi connectivity index (χ1v) is 7.47. The molecule has 0 atom stereocenters. The fourth-order valence-corrected chi connectivity index (χ4v) is 2.27. The van der Waals surface area contributed by atoms with Crippen molar-refractivity contribution < 1.29 is 4.74 Å². The van der Waals surface area contributed by atoms with Gasteiger partial charge >= 0.3 is 0 Å². The molecule has 0 bridgehead atoms. The number of nitrogens with zero attached hydrogens (tertiary/aromatic N) is 1. The molecule has 0 radical (unpaired) electrons. The van der Waals surface area contributed by atoms with Gasteiger partial charge in [-0.05, 0) is 35.8 Å². The van der Waals surface area contributed by atoms with Crippen LogP contribution in [-0.2, 0) is 6.54 Å². The first-order valence-electron chi connectivity index (χ1n) is 7.47. The van der Waals surface area contributed by atoms with Crippen molar-refractivity contribution in [2.24, 2.45) is 5.92 Å². The van der Waals surface area contributed by atoms with E-state index < -0.39 is 0 Å². The molecule has 1 aromatic carbocycles. The summed E-state index contributed by atoms with van der Waals surface area (Å²) in [6.45, 7) is 5.89. The molecule has 1 saturated carbocycles. The largest absolute Gasteiger partial charge is 0.477 e. The van der Waals surface area contributed by atoms with Crippen LogP contribution in [0.2, 0.25) is 0 Å². The van der Waals surface area contributed by atoms with Crippen molar-refractivity contribution in [3.05, 3.63) is 36.0 Å². The summed E-state index contributed by atoms with van der Waals surface area (Å²) < 4.78 is 5.84. The van der Waals surface area contributed by atoms with Crippen molar-refractivity contribution >= 4 is 10.8 Å². The van der Waals surface area contributed by atoms with Gasteiger partial charge in [-0.1, -0.05) is 32.0 Å². The zero-order valence-electron chi connectivity index (χ0n) is 12.2. The number of benzene rings is 1. The first kappa shape index (κ1) is 13.4. The summed E-state index contributed by atoms with van der Waals surface area (Å²) in [7, 11) is 0. The molecule has 0 spiro atoms. The number of hydrogen-bond acceptors (Lipinski definition) is 3. The van der Waals surface area contributed by atoms with E-state index in [1.54, 1.807) is 0 Å². The van der Waals surface area contributed by atoms with E-state index in [4.69, 9.17) is 4.74 Å². The lowest BCUT2D eigenvalue weighted by atomic mass is 10.1. The molecule has 1 aromatic heterocycles. The predicted molar refractivity (Wildman–Crippen MR) is 81.9 cm³/mol. The Morgan fingerprint density at radius 3 is 2.70 bits per heavy atom. The zero-order valence-corrected chi connectivity index (χ0v) is 12.2. The second kappa shape index (κ2) is 5.80. The lowest BCUT2D eigenvalue weighted by molar-refractivity contribution is 0.264. The molecule has 2 aromatic rings. The third-order valence-electron chi connectivity index (χ3n) is 3.55. The number of rotatable bonds is 6. The summed E-state index contributed by atoms with van der Waals surface area (Å²) in [4.78, 5) is 4.51. The van der Waals surface area contributed by atoms with Gasteiger partial charge in [0.2, 0.25) is 5.88 Å². The molecule has 1 fully saturated rings. The van der Waals surface area contributed by atoms with Crippen LogP contribution in [0.5, 0.6) is 5.88 Å². The molecule has 3 rings (SSSR count). The number of ether oxygens (including phenoxy) is 1. The van der Waals surface area contributed by atoms with Crippen molar-refractivity contribution in [1.29, 1.82) is 0 Å². The summed E-state index contributed by atoms with van der Waals surface area (Å²) in [5.41, 5.74) is 1.25. The van der Waals surface area contributed by atoms with E-state index in [9.17, 15) is 0 Å². The second-order valence-electron chi connectivity index (χ2n) is 5.99. The minimum atomic E-state index is 0.506. The summed E-state index contributed by atoms with van der Waals surface area (Å²) in [5.74, 6) is 1.26. The molecular weight excluding hydrogens is 248 g/mol. The predicted octanol–water partition coefficient (Wildman–Crippen LogP) is 3.52. The third kappa shape index (κ3) is 3.10. The smallest absolute Gasteiger partial charge is 0.221 e. The third-order valence-corrected chi connectivity index (χ3v) is 3.55. The molecule has 0 aliphatic heterocycles. The Morgan fingerprint density at radius 1 is 1.25 bits per heavy atom. The van der Waals surface area contributed by atoms with E-state index in [-0.39, 0.29) is 0 Å². The van der Waals surface area contributed by atoms with Gasteiger partial charge in [-0.25, -0.2) is 4.98 Å². The summed E-state index contributed by atoms with van der Waals surface area (Å²) in [6, 6.07) is 9.09. The Kier molecular flexibility index (Phi) is 3.88. The maximum absolute atomic E-state index is 5.84. The van der Waals surface area contributed by atoms with Gasteiger partial charge in [-0.15, -0.1) is 0 Å². The fraction of sp³-hybridized carbons (Fsp3) is 0.471. The van der Waals surface area contributed by atoms with E-state index in [1.807, 2.05) is 12.3 Å². The van der Waals surface area contributed by atoms with Crippen LogP contribution in [0, 0.1) is 5.92 Å². The normalized spacial score (nSPS) is 14.9. The van der Waals surface area contributed by atoms with Gasteiger partial charge in [0.05, 0.1) is 6.61 Å². The minimum absolute atomic E-state index is 0.506. The summed E-state index contributed by atoms with van der Waals surface area (Å²) >= 11 is 0. The molecule has 3 nitrogen and oxygen atoms in total. The highest BCUT2D eigenvalue weighted by Crippen LogP contribution is 2.27. The molecular formula is C17H22N2O. The first-order chi connectivity index (χ1) is 9.74. The van der Waals surface area contributed by atoms with Crippen LogP contribution in [0.3, 0.4) is 0 Å². The van der Waals surface area contributed by atoms with Crippen molar-refractivity contribution in [3.8, 4) is 5.88 Å². The Morgan fingerprint density at radius 2 is 2.00 bits per heavy atom. The molecule has 0 unspecified atom stereocenters. The summed E-state index contributed by atoms with van der Waals surface area (Å²) in [6.07, 6.45) is 4.56. The fourth-order valence-electron chi connectivity index (χ4n) is 2.27. The quantitative estimate of drug-likeness (QED) is 0.872. The average Bonchev–Trinajstić information content (AvgIpc) is 3.27. The molecule has 1 aliphatic carbocycles. The maximum atomic E-state index is 5.84. The second-order valence-corrected chi connectivity index (χ2v) is 5.99. The molecule has 3 heteroatoms. The van der Waals surface area contributed by atoms with Crippen LogP contribution in [0.25, 0.3) is 10.8 Å². The highest BCUT2D eigenvalue weighted by Gasteiger charge is 2.20. The van der Waals surface area contributed by atoms with Crippen LogP contribution in [-0.4, -0.2) is 17.6 Å². The summed E-state index contributed by atoms with van der Waals surface area (Å²) in [5, 5.41) is 5.91. The standard InChI is InChI=1S/C17H22N2O/c1-12(2)11-20-17-16-6-4-3-5-15(16)13(10-19-17)9-18-14-7-8-14/h3-6,10,12,14,18H,7-9,11H2,1-2H3. The van der Waals surface area contributed by atoms with E-state index in [0.29, 0.717) is 18.6 Å². The zero-order chi connectivity index (χ0) is 13.9. The molecule has 0 saturated heterocycles. The molecule has 1 N–H and O–H groups in total. The van der Waals surface area contributed by atoms with Gasteiger partial charge in [0.25, 0.3) is 0 Å². The van der Waals surface area contributed by atoms with Crippen LogP contribution in [0.1, 0.15) is 32.3 Å². The SMILES string of the molecule is CC(C)COc1ncc(CNC2CC2)c2ccccc12. The topological polar surface area (TPSA) is 34.1 Å². The van der Waals surface area contributed by atoms with E-state index in [2.05, 4.69) is 42.3 Å². The Bertz CT molecular complexity index is 546. The van der Waals surface area contributed by atoms with Gasteiger partial charge in [-0.3, -0.25) is 0 Å². The lowest BCUT2D eigenvalue weighted by Gasteiger charge is -2.13. The molecule has 1 aliphatic rings. The van der Waals surface area contributed by atoms with Gasteiger partial charge < -0.3 is 10.1 Å². The number of fused-ring (bicyclic) bond motifs is 1. The van der Waals surface area contributed by atoms with Gasteiger partial charge in [0.15, 0.2) is 0 Å². The van der Waals surface area contributed by atoms with Crippen molar-refractivity contribution in [3.63, 3.8) is 0 Å². The number of aromatic nitrogens is 1. The Hall–Kier alpha value is -1.61. The number of hydrogen-bond donors (Lipinski definition) is 1. The van der Waals surface area contributed by atoms with Crippen LogP contribution in [0.15, 0.2) is 30.5 Å². The number of nitrogens with one attached hydrogen (secondary N) is 1. The lowest BCUT2D eigenvalue weighted by Crippen LogP contribution is -2.16.